The maximum Gasteiger partial charge on any atom is 0.243 e. The zero-order valence-corrected chi connectivity index (χ0v) is 17.4. The lowest BCUT2D eigenvalue weighted by atomic mass is 10.1. The van der Waals surface area contributed by atoms with E-state index in [1.807, 2.05) is 30.9 Å². The van der Waals surface area contributed by atoms with Gasteiger partial charge in [-0.1, -0.05) is 6.07 Å². The number of amides is 1. The van der Waals surface area contributed by atoms with Gasteiger partial charge in [-0.2, -0.15) is 9.57 Å². The van der Waals surface area contributed by atoms with Gasteiger partial charge in [-0.15, -0.1) is 0 Å². The first-order chi connectivity index (χ1) is 13.8. The second-order valence-electron chi connectivity index (χ2n) is 7.16. The molecular formula is C21H24N4O3S. The van der Waals surface area contributed by atoms with Crippen molar-refractivity contribution in [1.82, 2.24) is 9.21 Å². The van der Waals surface area contributed by atoms with Gasteiger partial charge in [-0.25, -0.2) is 8.42 Å². The van der Waals surface area contributed by atoms with E-state index in [9.17, 15) is 13.2 Å². The molecule has 0 radical (unpaired) electrons. The fraction of sp³-hybridized carbons (Fsp3) is 0.333. The average Bonchev–Trinajstić information content (AvgIpc) is 2.71. The van der Waals surface area contributed by atoms with Crippen molar-refractivity contribution in [2.45, 2.75) is 18.7 Å². The molecule has 1 N–H and O–H groups in total. The summed E-state index contributed by atoms with van der Waals surface area (Å²) in [6.07, 6.45) is 0. The third kappa shape index (κ3) is 5.01. The third-order valence-electron chi connectivity index (χ3n) is 5.11. The van der Waals surface area contributed by atoms with Crippen LogP contribution in [0.25, 0.3) is 0 Å². The minimum atomic E-state index is -3.53. The molecule has 1 aliphatic heterocycles. The van der Waals surface area contributed by atoms with Gasteiger partial charge in [-0.05, 0) is 61.4 Å². The number of aryl methyl sites for hydroxylation is 2. The molecule has 0 bridgehead atoms. The predicted molar refractivity (Wildman–Crippen MR) is 111 cm³/mol. The van der Waals surface area contributed by atoms with Crippen molar-refractivity contribution >= 4 is 21.6 Å². The molecule has 0 unspecified atom stereocenters. The zero-order valence-electron chi connectivity index (χ0n) is 16.6. The van der Waals surface area contributed by atoms with Crippen molar-refractivity contribution in [1.29, 1.82) is 5.26 Å². The van der Waals surface area contributed by atoms with Crippen LogP contribution in [-0.4, -0.2) is 56.3 Å². The smallest absolute Gasteiger partial charge is 0.243 e. The molecule has 0 spiro atoms. The molecule has 3 rings (SSSR count). The van der Waals surface area contributed by atoms with Gasteiger partial charge < -0.3 is 5.32 Å². The molecule has 0 atom stereocenters. The maximum absolute atomic E-state index is 12.9. The summed E-state index contributed by atoms with van der Waals surface area (Å²) in [4.78, 5) is 14.5. The van der Waals surface area contributed by atoms with E-state index in [0.29, 0.717) is 42.3 Å². The molecule has 7 nitrogen and oxygen atoms in total. The van der Waals surface area contributed by atoms with Gasteiger partial charge in [0.1, 0.15) is 0 Å². The maximum atomic E-state index is 12.9. The molecule has 29 heavy (non-hydrogen) atoms. The van der Waals surface area contributed by atoms with Crippen LogP contribution in [-0.2, 0) is 14.8 Å². The predicted octanol–water partition coefficient (Wildman–Crippen LogP) is 2.12. The van der Waals surface area contributed by atoms with E-state index < -0.39 is 10.0 Å². The molecule has 8 heteroatoms. The molecule has 1 aliphatic rings. The van der Waals surface area contributed by atoms with Crippen LogP contribution in [0.3, 0.4) is 0 Å². The molecule has 2 aromatic carbocycles. The fourth-order valence-corrected chi connectivity index (χ4v) is 4.69. The van der Waals surface area contributed by atoms with E-state index in [1.165, 1.54) is 4.31 Å². The lowest BCUT2D eigenvalue weighted by Gasteiger charge is -2.33. The van der Waals surface area contributed by atoms with E-state index in [0.717, 1.165) is 11.1 Å². The third-order valence-corrected chi connectivity index (χ3v) is 7.01. The van der Waals surface area contributed by atoms with Crippen LogP contribution in [0, 0.1) is 25.2 Å². The second kappa shape index (κ2) is 8.74. The summed E-state index contributed by atoms with van der Waals surface area (Å²) < 4.78 is 27.2. The quantitative estimate of drug-likeness (QED) is 0.812. The molecule has 0 saturated carbocycles. The first-order valence-corrected chi connectivity index (χ1v) is 10.8. The van der Waals surface area contributed by atoms with Crippen LogP contribution >= 0.6 is 0 Å². The van der Waals surface area contributed by atoms with Crippen LogP contribution in [0.5, 0.6) is 0 Å². The van der Waals surface area contributed by atoms with Crippen molar-refractivity contribution in [2.75, 3.05) is 38.0 Å². The number of benzene rings is 2. The largest absolute Gasteiger partial charge is 0.325 e. The minimum absolute atomic E-state index is 0.167. The van der Waals surface area contributed by atoms with Gasteiger partial charge in [0.25, 0.3) is 0 Å². The summed E-state index contributed by atoms with van der Waals surface area (Å²) in [7, 11) is -3.53. The summed E-state index contributed by atoms with van der Waals surface area (Å²) in [5, 5.41) is 11.6. The molecule has 1 amide bonds. The molecule has 0 aromatic heterocycles. The average molecular weight is 413 g/mol. The number of carbonyl (C=O) groups is 1. The number of piperazine rings is 1. The number of hydrogen-bond donors (Lipinski definition) is 1. The molecule has 1 heterocycles. The lowest BCUT2D eigenvalue weighted by Crippen LogP contribution is -2.50. The summed E-state index contributed by atoms with van der Waals surface area (Å²) in [6, 6.07) is 13.9. The van der Waals surface area contributed by atoms with Crippen LogP contribution in [0.2, 0.25) is 0 Å². The van der Waals surface area contributed by atoms with Gasteiger partial charge in [0.05, 0.1) is 23.1 Å². The summed E-state index contributed by atoms with van der Waals surface area (Å²) >= 11 is 0. The number of nitrogens with zero attached hydrogens (tertiary/aromatic N) is 3. The van der Waals surface area contributed by atoms with Crippen LogP contribution in [0.15, 0.2) is 47.4 Å². The Morgan fingerprint density at radius 1 is 1.03 bits per heavy atom. The SMILES string of the molecule is Cc1ccc(S(=O)(=O)N2CCN(CC(=O)Nc3ccc(C#N)cc3)CC2)cc1C. The molecule has 152 valence electrons. The van der Waals surface area contributed by atoms with Crippen molar-refractivity contribution in [3.63, 3.8) is 0 Å². The Bertz CT molecular complexity index is 1030. The molecule has 0 aliphatic carbocycles. The van der Waals surface area contributed by atoms with E-state index in [-0.39, 0.29) is 12.5 Å². The number of rotatable bonds is 5. The number of anilines is 1. The number of carbonyl (C=O) groups excluding carboxylic acids is 1. The number of sulfonamides is 1. The Morgan fingerprint density at radius 3 is 2.28 bits per heavy atom. The van der Waals surface area contributed by atoms with Crippen molar-refractivity contribution < 1.29 is 13.2 Å². The van der Waals surface area contributed by atoms with Crippen molar-refractivity contribution in [3.05, 3.63) is 59.2 Å². The summed E-state index contributed by atoms with van der Waals surface area (Å²) in [5.41, 5.74) is 3.17. The number of nitriles is 1. The molecule has 2 aromatic rings. The topological polar surface area (TPSA) is 93.5 Å². The monoisotopic (exact) mass is 412 g/mol. The fourth-order valence-electron chi connectivity index (χ4n) is 3.18. The van der Waals surface area contributed by atoms with E-state index in [2.05, 4.69) is 5.32 Å². The normalized spacial score (nSPS) is 15.6. The first kappa shape index (κ1) is 21.0. The zero-order chi connectivity index (χ0) is 21.0. The Balaban J connectivity index is 1.55. The van der Waals surface area contributed by atoms with Gasteiger partial charge >= 0.3 is 0 Å². The molecule has 1 fully saturated rings. The Morgan fingerprint density at radius 2 is 1.69 bits per heavy atom. The van der Waals surface area contributed by atoms with Gasteiger partial charge in [-0.3, -0.25) is 9.69 Å². The highest BCUT2D eigenvalue weighted by Gasteiger charge is 2.29. The highest BCUT2D eigenvalue weighted by molar-refractivity contribution is 7.89. The van der Waals surface area contributed by atoms with Crippen LogP contribution < -0.4 is 5.32 Å². The Labute approximate surface area is 171 Å². The van der Waals surface area contributed by atoms with Gasteiger partial charge in [0.2, 0.25) is 15.9 Å². The standard InChI is InChI=1S/C21H24N4O3S/c1-16-3-8-20(13-17(16)2)29(27,28)25-11-9-24(10-12-25)15-21(26)23-19-6-4-18(14-22)5-7-19/h3-8,13H,9-12,15H2,1-2H3,(H,23,26). The van der Waals surface area contributed by atoms with Crippen LogP contribution in [0.1, 0.15) is 16.7 Å². The molecular weight excluding hydrogens is 388 g/mol. The van der Waals surface area contributed by atoms with Crippen molar-refractivity contribution in [2.24, 2.45) is 0 Å². The lowest BCUT2D eigenvalue weighted by molar-refractivity contribution is -0.117. The molecule has 1 saturated heterocycles. The van der Waals surface area contributed by atoms with Gasteiger partial charge in [0, 0.05) is 31.9 Å². The van der Waals surface area contributed by atoms with Crippen molar-refractivity contribution in [3.8, 4) is 6.07 Å². The highest BCUT2D eigenvalue weighted by atomic mass is 32.2. The van der Waals surface area contributed by atoms with E-state index in [1.54, 1.807) is 36.4 Å². The number of hydrogen-bond acceptors (Lipinski definition) is 5. The minimum Gasteiger partial charge on any atom is -0.325 e. The van der Waals surface area contributed by atoms with Crippen LogP contribution in [0.4, 0.5) is 5.69 Å². The second-order valence-corrected chi connectivity index (χ2v) is 9.10. The Hall–Kier alpha value is -2.73. The van der Waals surface area contributed by atoms with E-state index in [4.69, 9.17) is 5.26 Å². The van der Waals surface area contributed by atoms with Gasteiger partial charge in [0.15, 0.2) is 0 Å². The first-order valence-electron chi connectivity index (χ1n) is 9.39. The highest BCUT2D eigenvalue weighted by Crippen LogP contribution is 2.20. The summed E-state index contributed by atoms with van der Waals surface area (Å²) in [5.74, 6) is -0.167. The number of nitrogens with one attached hydrogen (secondary N) is 1. The Kier molecular flexibility index (Phi) is 6.33. The van der Waals surface area contributed by atoms with E-state index >= 15 is 0 Å². The summed E-state index contributed by atoms with van der Waals surface area (Å²) in [6.45, 7) is 5.72.